The molecule has 3 N–H and O–H groups in total. The molecular weight excluding hydrogens is 401 g/mol. The molecule has 11 heteroatoms. The van der Waals surface area contributed by atoms with Crippen molar-refractivity contribution in [3.63, 3.8) is 0 Å². The Morgan fingerprint density at radius 1 is 1.30 bits per heavy atom. The van der Waals surface area contributed by atoms with Gasteiger partial charge in [0, 0.05) is 17.7 Å². The van der Waals surface area contributed by atoms with Crippen molar-refractivity contribution in [1.29, 1.82) is 0 Å². The minimum absolute atomic E-state index is 0.0407. The maximum atomic E-state index is 14.9. The van der Waals surface area contributed by atoms with Crippen LogP contribution in [0.2, 0.25) is 0 Å². The van der Waals surface area contributed by atoms with Crippen molar-refractivity contribution in [3.05, 3.63) is 29.3 Å². The van der Waals surface area contributed by atoms with Gasteiger partial charge in [-0.2, -0.15) is 0 Å². The smallest absolute Gasteiger partial charge is 0.444 e. The Hall–Kier alpha value is -2.53. The van der Waals surface area contributed by atoms with E-state index in [4.69, 9.17) is 4.74 Å². The summed E-state index contributed by atoms with van der Waals surface area (Å²) in [5, 5.41) is 20.7. The third kappa shape index (κ3) is 5.14. The average molecular weight is 426 g/mol. The number of benzene rings is 1. The predicted octanol–water partition coefficient (Wildman–Crippen LogP) is 0.943. The molecule has 0 aromatic heterocycles. The lowest BCUT2D eigenvalue weighted by Crippen LogP contribution is -2.67. The Balaban J connectivity index is 2.17. The van der Waals surface area contributed by atoms with Crippen molar-refractivity contribution in [2.45, 2.75) is 51.2 Å². The van der Waals surface area contributed by atoms with Crippen LogP contribution in [0.15, 0.2) is 18.2 Å². The number of carbonyl (C=O) groups is 3. The van der Waals surface area contributed by atoms with E-state index >= 15 is 0 Å². The van der Waals surface area contributed by atoms with Gasteiger partial charge in [-0.1, -0.05) is 6.07 Å². The molecule has 1 unspecified atom stereocenters. The molecular formula is C19H25BF2N2O6. The number of nitrogens with one attached hydrogen (secondary N) is 1. The first-order valence-electron chi connectivity index (χ1n) is 9.33. The monoisotopic (exact) mass is 426 g/mol. The maximum Gasteiger partial charge on any atom is 0.489 e. The number of nitrogens with zero attached hydrogens (tertiary/aromatic N) is 1. The molecule has 1 aromatic carbocycles. The fourth-order valence-electron chi connectivity index (χ4n) is 3.12. The van der Waals surface area contributed by atoms with E-state index < -0.39 is 42.7 Å². The summed E-state index contributed by atoms with van der Waals surface area (Å²) in [7, 11) is -1.91. The topological polar surface area (TPSA) is 116 Å². The summed E-state index contributed by atoms with van der Waals surface area (Å²) in [6.07, 6.45) is -0.852. The van der Waals surface area contributed by atoms with Gasteiger partial charge in [0.2, 0.25) is 0 Å². The molecule has 0 bridgehead atoms. The molecule has 2 rings (SSSR count). The third-order valence-corrected chi connectivity index (χ3v) is 4.88. The quantitative estimate of drug-likeness (QED) is 0.488. The number of hydrogen-bond acceptors (Lipinski definition) is 6. The van der Waals surface area contributed by atoms with Gasteiger partial charge in [0.25, 0.3) is 11.8 Å². The molecule has 1 atom stereocenters. The van der Waals surface area contributed by atoms with E-state index in [2.05, 4.69) is 5.32 Å². The zero-order valence-electron chi connectivity index (χ0n) is 17.2. The highest BCUT2D eigenvalue weighted by atomic mass is 19.3. The number of amides is 2. The summed E-state index contributed by atoms with van der Waals surface area (Å²) in [6.45, 7) is 5.02. The van der Waals surface area contributed by atoms with Gasteiger partial charge in [0.1, 0.15) is 17.4 Å². The Morgan fingerprint density at radius 3 is 2.43 bits per heavy atom. The number of halogens is 2. The van der Waals surface area contributed by atoms with Gasteiger partial charge in [-0.15, -0.1) is 0 Å². The summed E-state index contributed by atoms with van der Waals surface area (Å²) < 4.78 is 34.9. The van der Waals surface area contributed by atoms with E-state index in [9.17, 15) is 33.2 Å². The maximum absolute atomic E-state index is 14.9. The van der Waals surface area contributed by atoms with Crippen LogP contribution in [0.25, 0.3) is 0 Å². The Morgan fingerprint density at radius 2 is 1.93 bits per heavy atom. The van der Waals surface area contributed by atoms with Gasteiger partial charge in [0.15, 0.2) is 0 Å². The number of piperidine rings is 1. The lowest BCUT2D eigenvalue weighted by molar-refractivity contribution is -0.123. The molecule has 1 aliphatic heterocycles. The first-order valence-corrected chi connectivity index (χ1v) is 9.33. The predicted molar refractivity (Wildman–Crippen MR) is 105 cm³/mol. The van der Waals surface area contributed by atoms with Crippen LogP contribution in [0.3, 0.4) is 0 Å². The highest BCUT2D eigenvalue weighted by Gasteiger charge is 2.56. The highest BCUT2D eigenvalue weighted by Crippen LogP contribution is 2.37. The SMILES string of the molecule is CC(C)(C)OC(=O)NC1(C)CCN(C(=O)c2ccc(B(O)O)c(C=O)c2)CC1(F)F. The summed E-state index contributed by atoms with van der Waals surface area (Å²) >= 11 is 0. The van der Waals surface area contributed by atoms with Gasteiger partial charge in [0.05, 0.1) is 6.54 Å². The Labute approximate surface area is 173 Å². The van der Waals surface area contributed by atoms with Crippen molar-refractivity contribution >= 4 is 30.9 Å². The van der Waals surface area contributed by atoms with Crippen LogP contribution in [0.1, 0.15) is 54.8 Å². The van der Waals surface area contributed by atoms with Crippen LogP contribution in [0.4, 0.5) is 13.6 Å². The second kappa shape index (κ2) is 8.31. The molecule has 1 aromatic rings. The van der Waals surface area contributed by atoms with Crippen molar-refractivity contribution < 1.29 is 37.9 Å². The van der Waals surface area contributed by atoms with Gasteiger partial charge in [-0.3, -0.25) is 9.59 Å². The summed E-state index contributed by atoms with van der Waals surface area (Å²) in [4.78, 5) is 36.8. The molecule has 1 heterocycles. The Kier molecular flexibility index (Phi) is 6.58. The largest absolute Gasteiger partial charge is 0.489 e. The average Bonchev–Trinajstić information content (AvgIpc) is 2.61. The molecule has 0 radical (unpaired) electrons. The molecule has 1 aliphatic rings. The number of likely N-dealkylation sites (tertiary alicyclic amines) is 1. The molecule has 164 valence electrons. The standard InChI is InChI=1S/C19H25BF2N2O6/c1-17(2,3)30-16(27)23-18(4)7-8-24(11-19(18,21)22)15(26)12-5-6-14(20(28)29)13(9-12)10-25/h5-6,9-10,28-29H,7-8,11H2,1-4H3,(H,23,27). The van der Waals surface area contributed by atoms with Crippen LogP contribution in [0, 0.1) is 0 Å². The van der Waals surface area contributed by atoms with E-state index in [0.717, 1.165) is 11.0 Å². The fraction of sp³-hybridized carbons (Fsp3) is 0.526. The number of alkyl halides is 2. The Bertz CT molecular complexity index is 843. The number of hydrogen-bond donors (Lipinski definition) is 3. The van der Waals surface area contributed by atoms with Crippen LogP contribution in [-0.4, -0.2) is 70.5 Å². The first kappa shape index (κ1) is 23.8. The lowest BCUT2D eigenvalue weighted by Gasteiger charge is -2.45. The minimum atomic E-state index is -3.45. The van der Waals surface area contributed by atoms with Crippen LogP contribution >= 0.6 is 0 Å². The van der Waals surface area contributed by atoms with Gasteiger partial charge < -0.3 is 25.0 Å². The molecule has 8 nitrogen and oxygen atoms in total. The van der Waals surface area contributed by atoms with E-state index in [1.54, 1.807) is 20.8 Å². The molecule has 2 amide bonds. The summed E-state index contributed by atoms with van der Waals surface area (Å²) in [6, 6.07) is 3.53. The number of ether oxygens (including phenoxy) is 1. The third-order valence-electron chi connectivity index (χ3n) is 4.88. The normalized spacial score (nSPS) is 21.0. The zero-order valence-corrected chi connectivity index (χ0v) is 17.2. The van der Waals surface area contributed by atoms with Gasteiger partial charge >= 0.3 is 13.2 Å². The molecule has 0 saturated carbocycles. The second-order valence-corrected chi connectivity index (χ2v) is 8.48. The van der Waals surface area contributed by atoms with Crippen molar-refractivity contribution in [2.75, 3.05) is 13.1 Å². The lowest BCUT2D eigenvalue weighted by atomic mass is 9.76. The summed E-state index contributed by atoms with van der Waals surface area (Å²) in [5.41, 5.74) is -3.03. The summed E-state index contributed by atoms with van der Waals surface area (Å²) in [5.74, 6) is -4.19. The van der Waals surface area contributed by atoms with Gasteiger partial charge in [-0.05, 0) is 51.7 Å². The minimum Gasteiger partial charge on any atom is -0.444 e. The fourth-order valence-corrected chi connectivity index (χ4v) is 3.12. The molecule has 0 spiro atoms. The van der Waals surface area contributed by atoms with E-state index in [0.29, 0.717) is 6.29 Å². The van der Waals surface area contributed by atoms with Gasteiger partial charge in [-0.25, -0.2) is 13.6 Å². The molecule has 0 aliphatic carbocycles. The molecule has 30 heavy (non-hydrogen) atoms. The van der Waals surface area contributed by atoms with Crippen LogP contribution in [-0.2, 0) is 4.74 Å². The van der Waals surface area contributed by atoms with E-state index in [1.165, 1.54) is 19.1 Å². The van der Waals surface area contributed by atoms with Crippen molar-refractivity contribution in [1.82, 2.24) is 10.2 Å². The van der Waals surface area contributed by atoms with E-state index in [1.807, 2.05) is 0 Å². The zero-order chi connectivity index (χ0) is 22.9. The number of alkyl carbamates (subject to hydrolysis) is 1. The molecule has 1 fully saturated rings. The van der Waals surface area contributed by atoms with Crippen LogP contribution < -0.4 is 10.8 Å². The number of aldehydes is 1. The van der Waals surface area contributed by atoms with Crippen LogP contribution in [0.5, 0.6) is 0 Å². The highest BCUT2D eigenvalue weighted by molar-refractivity contribution is 6.60. The second-order valence-electron chi connectivity index (χ2n) is 8.48. The van der Waals surface area contributed by atoms with Crippen molar-refractivity contribution in [2.24, 2.45) is 0 Å². The molecule has 1 saturated heterocycles. The number of carbonyl (C=O) groups excluding carboxylic acids is 3. The first-order chi connectivity index (χ1) is 13.7. The number of rotatable bonds is 4. The van der Waals surface area contributed by atoms with Crippen molar-refractivity contribution in [3.8, 4) is 0 Å². The van der Waals surface area contributed by atoms with E-state index in [-0.39, 0.29) is 29.6 Å².